The Kier molecular flexibility index (Phi) is 8.21. The number of nitrogens with zero attached hydrogens (tertiary/aromatic N) is 2. The van der Waals surface area contributed by atoms with Crippen molar-refractivity contribution in [1.82, 2.24) is 15.2 Å². The first-order valence-corrected chi connectivity index (χ1v) is 10.6. The van der Waals surface area contributed by atoms with E-state index in [9.17, 15) is 18.8 Å². The lowest BCUT2D eigenvalue weighted by Crippen LogP contribution is -2.48. The van der Waals surface area contributed by atoms with Crippen LogP contribution in [-0.2, 0) is 9.59 Å². The maximum absolute atomic E-state index is 14.8. The zero-order chi connectivity index (χ0) is 27.1. The van der Waals surface area contributed by atoms with E-state index in [0.29, 0.717) is 27.3 Å². The van der Waals surface area contributed by atoms with E-state index >= 15 is 0 Å². The molecule has 0 fully saturated rings. The summed E-state index contributed by atoms with van der Waals surface area (Å²) in [6.07, 6.45) is 6.63. The van der Waals surface area contributed by atoms with Crippen molar-refractivity contribution in [2.75, 3.05) is 33.1 Å². The number of methoxy groups -OCH3 is 2. The zero-order valence-electron chi connectivity index (χ0n) is 20.0. The largest absolute Gasteiger partial charge is 0.493 e. The second kappa shape index (κ2) is 11.5. The fourth-order valence-corrected chi connectivity index (χ4v) is 3.20. The van der Waals surface area contributed by atoms with Gasteiger partial charge in [-0.25, -0.2) is 14.1 Å². The summed E-state index contributed by atoms with van der Waals surface area (Å²) in [7, 11) is 4.23. The number of benzene rings is 2. The molecule has 190 valence electrons. The van der Waals surface area contributed by atoms with Crippen molar-refractivity contribution in [1.29, 1.82) is 5.41 Å². The predicted molar refractivity (Wildman–Crippen MR) is 133 cm³/mol. The molecule has 0 saturated heterocycles. The van der Waals surface area contributed by atoms with Gasteiger partial charge in [0, 0.05) is 36.5 Å². The van der Waals surface area contributed by atoms with E-state index in [0.717, 1.165) is 6.07 Å². The number of anilines is 1. The zero-order valence-corrected chi connectivity index (χ0v) is 20.0. The topological polar surface area (TPSA) is 143 Å². The summed E-state index contributed by atoms with van der Waals surface area (Å²) in [4.78, 5) is 41.3. The lowest BCUT2D eigenvalue weighted by atomic mass is 10.1. The standard InChI is InChI=1S/C25H22FN5O6/c1-5-10-31(25(34)28-2)24(33)22(27)23(32)30-14-6-7-19(16(26)11-14)37-18-8-9-29-17-13-21(36-4)20(35-3)12-15(17)18/h1,6-9,11-13,27H,10H2,2-4H3,(H,28,34)(H,30,32). The summed E-state index contributed by atoms with van der Waals surface area (Å²) in [5.41, 5.74) is -0.590. The SMILES string of the molecule is C#CCN(C(=O)NC)C(=O)C(=N)C(=O)Nc1ccc(Oc2ccnc3cc(OC)c(OC)cc23)c(F)c1. The van der Waals surface area contributed by atoms with Crippen molar-refractivity contribution in [3.63, 3.8) is 0 Å². The van der Waals surface area contributed by atoms with E-state index in [-0.39, 0.29) is 17.2 Å². The summed E-state index contributed by atoms with van der Waals surface area (Å²) in [5.74, 6) is -0.0869. The molecule has 3 N–H and O–H groups in total. The quantitative estimate of drug-likeness (QED) is 0.242. The molecule has 1 aromatic heterocycles. The molecule has 11 nitrogen and oxygen atoms in total. The van der Waals surface area contributed by atoms with Gasteiger partial charge in [0.15, 0.2) is 28.8 Å². The van der Waals surface area contributed by atoms with Crippen LogP contribution in [0.3, 0.4) is 0 Å². The molecule has 0 unspecified atom stereocenters. The van der Waals surface area contributed by atoms with Gasteiger partial charge < -0.3 is 24.8 Å². The number of hydrogen-bond donors (Lipinski definition) is 3. The molecule has 0 aliphatic rings. The van der Waals surface area contributed by atoms with Gasteiger partial charge in [-0.15, -0.1) is 6.42 Å². The Bertz CT molecular complexity index is 1440. The fourth-order valence-electron chi connectivity index (χ4n) is 3.20. The highest BCUT2D eigenvalue weighted by Crippen LogP contribution is 2.37. The van der Waals surface area contributed by atoms with Gasteiger partial charge in [0.05, 0.1) is 26.3 Å². The third-order valence-corrected chi connectivity index (χ3v) is 5.01. The van der Waals surface area contributed by atoms with Crippen LogP contribution >= 0.6 is 0 Å². The minimum absolute atomic E-state index is 0.0539. The second-order valence-corrected chi connectivity index (χ2v) is 7.26. The second-order valence-electron chi connectivity index (χ2n) is 7.26. The first kappa shape index (κ1) is 26.4. The lowest BCUT2D eigenvalue weighted by molar-refractivity contribution is -0.122. The third kappa shape index (κ3) is 5.73. The number of imide groups is 1. The number of aromatic nitrogens is 1. The summed E-state index contributed by atoms with van der Waals surface area (Å²) < 4.78 is 31.2. The maximum atomic E-state index is 14.8. The molecular weight excluding hydrogens is 485 g/mol. The molecule has 37 heavy (non-hydrogen) atoms. The molecule has 0 atom stereocenters. The minimum Gasteiger partial charge on any atom is -0.493 e. The Hall–Kier alpha value is -5.18. The summed E-state index contributed by atoms with van der Waals surface area (Å²) in [5, 5.41) is 12.8. The number of urea groups is 1. The summed E-state index contributed by atoms with van der Waals surface area (Å²) in [6, 6.07) is 7.50. The molecule has 0 bridgehead atoms. The average Bonchev–Trinajstić information content (AvgIpc) is 2.91. The number of nitrogens with one attached hydrogen (secondary N) is 3. The Morgan fingerprint density at radius 3 is 2.41 bits per heavy atom. The van der Waals surface area contributed by atoms with E-state index in [4.69, 9.17) is 26.0 Å². The van der Waals surface area contributed by atoms with E-state index in [1.54, 1.807) is 18.2 Å². The minimum atomic E-state index is -1.22. The first-order chi connectivity index (χ1) is 17.7. The highest BCUT2D eigenvalue weighted by molar-refractivity contribution is 6.66. The summed E-state index contributed by atoms with van der Waals surface area (Å²) >= 11 is 0. The molecule has 2 aromatic carbocycles. The van der Waals surface area contributed by atoms with Crippen LogP contribution in [0.25, 0.3) is 10.9 Å². The lowest BCUT2D eigenvalue weighted by Gasteiger charge is -2.17. The number of carbonyl (C=O) groups is 3. The number of terminal acetylenes is 1. The van der Waals surface area contributed by atoms with E-state index in [2.05, 4.69) is 21.5 Å². The van der Waals surface area contributed by atoms with Crippen LogP contribution in [0.2, 0.25) is 0 Å². The van der Waals surface area contributed by atoms with Crippen molar-refractivity contribution in [3.05, 3.63) is 48.4 Å². The Morgan fingerprint density at radius 1 is 1.08 bits per heavy atom. The van der Waals surface area contributed by atoms with Crippen LogP contribution in [-0.4, -0.2) is 61.3 Å². The van der Waals surface area contributed by atoms with Gasteiger partial charge in [0.2, 0.25) is 0 Å². The van der Waals surface area contributed by atoms with Crippen LogP contribution in [0, 0.1) is 23.6 Å². The number of carbonyl (C=O) groups excluding carboxylic acids is 3. The number of fused-ring (bicyclic) bond motifs is 1. The fraction of sp³-hybridized carbons (Fsp3) is 0.160. The monoisotopic (exact) mass is 507 g/mol. The van der Waals surface area contributed by atoms with Gasteiger partial charge in [-0.3, -0.25) is 20.0 Å². The van der Waals surface area contributed by atoms with Crippen LogP contribution < -0.4 is 24.8 Å². The first-order valence-electron chi connectivity index (χ1n) is 10.6. The Labute approximate surface area is 211 Å². The van der Waals surface area contributed by atoms with Crippen molar-refractivity contribution < 1.29 is 33.0 Å². The van der Waals surface area contributed by atoms with Gasteiger partial charge in [-0.05, 0) is 24.3 Å². The molecular formula is C25H22FN5O6. The highest BCUT2D eigenvalue weighted by atomic mass is 19.1. The van der Waals surface area contributed by atoms with Crippen molar-refractivity contribution in [2.24, 2.45) is 0 Å². The normalized spacial score (nSPS) is 10.1. The number of ether oxygens (including phenoxy) is 3. The third-order valence-electron chi connectivity index (χ3n) is 5.01. The van der Waals surface area contributed by atoms with Crippen LogP contribution in [0.4, 0.5) is 14.9 Å². The van der Waals surface area contributed by atoms with Gasteiger partial charge in [0.25, 0.3) is 11.8 Å². The molecule has 12 heteroatoms. The Balaban J connectivity index is 1.79. The van der Waals surface area contributed by atoms with Gasteiger partial charge in [-0.2, -0.15) is 0 Å². The number of hydrogen-bond acceptors (Lipinski definition) is 8. The molecule has 0 aliphatic carbocycles. The number of rotatable bonds is 8. The van der Waals surface area contributed by atoms with E-state index in [1.165, 1.54) is 39.6 Å². The van der Waals surface area contributed by atoms with Crippen LogP contribution in [0.15, 0.2) is 42.6 Å². The highest BCUT2D eigenvalue weighted by Gasteiger charge is 2.28. The van der Waals surface area contributed by atoms with Crippen molar-refractivity contribution in [2.45, 2.75) is 0 Å². The molecule has 3 rings (SSSR count). The maximum Gasteiger partial charge on any atom is 0.325 e. The van der Waals surface area contributed by atoms with Crippen LogP contribution in [0.5, 0.6) is 23.0 Å². The number of amides is 4. The predicted octanol–water partition coefficient (Wildman–Crippen LogP) is 2.94. The van der Waals surface area contributed by atoms with Gasteiger partial charge >= 0.3 is 6.03 Å². The van der Waals surface area contributed by atoms with Gasteiger partial charge in [-0.1, -0.05) is 5.92 Å². The molecule has 0 radical (unpaired) electrons. The molecule has 0 saturated carbocycles. The summed E-state index contributed by atoms with van der Waals surface area (Å²) in [6.45, 7) is -0.447. The smallest absolute Gasteiger partial charge is 0.325 e. The van der Waals surface area contributed by atoms with Crippen LogP contribution in [0.1, 0.15) is 0 Å². The molecule has 0 aliphatic heterocycles. The average molecular weight is 507 g/mol. The van der Waals surface area contributed by atoms with E-state index in [1.807, 2.05) is 0 Å². The number of pyridine rings is 1. The molecule has 3 aromatic rings. The van der Waals surface area contributed by atoms with E-state index < -0.39 is 35.9 Å². The Morgan fingerprint density at radius 2 is 1.78 bits per heavy atom. The van der Waals surface area contributed by atoms with Gasteiger partial charge in [0.1, 0.15) is 5.75 Å². The number of halogens is 1. The molecule has 1 heterocycles. The van der Waals surface area contributed by atoms with Crippen molar-refractivity contribution in [3.8, 4) is 35.3 Å². The van der Waals surface area contributed by atoms with Crippen molar-refractivity contribution >= 4 is 40.1 Å². The molecule has 4 amide bonds. The molecule has 0 spiro atoms.